The third kappa shape index (κ3) is 9.62. The van der Waals surface area contributed by atoms with Crippen molar-refractivity contribution in [3.05, 3.63) is 120 Å². The van der Waals surface area contributed by atoms with Gasteiger partial charge in [0.25, 0.3) is 0 Å². The Morgan fingerprint density at radius 2 is 1.40 bits per heavy atom. The number of hydrogen-bond donors (Lipinski definition) is 1. The zero-order valence-corrected chi connectivity index (χ0v) is 27.9. The van der Waals surface area contributed by atoms with Gasteiger partial charge in [-0.3, -0.25) is 0 Å². The Hall–Kier alpha value is -4.25. The summed E-state index contributed by atoms with van der Waals surface area (Å²) < 4.78 is 12.5. The predicted octanol–water partition coefficient (Wildman–Crippen LogP) is 10.7. The molecule has 0 fully saturated rings. The molecule has 45 heavy (non-hydrogen) atoms. The maximum atomic E-state index is 13.5. The predicted molar refractivity (Wildman–Crippen MR) is 187 cm³/mol. The number of unbranched alkanes of at least 4 members (excludes halogenated alkanes) is 1. The van der Waals surface area contributed by atoms with Crippen LogP contribution < -0.4 is 14.8 Å². The maximum absolute atomic E-state index is 13.5. The largest absolute Gasteiger partial charge is 0.493 e. The normalized spacial score (nSPS) is 11.6. The van der Waals surface area contributed by atoms with E-state index >= 15 is 0 Å². The standard InChI is InChI=1S/C40H50N2O3/c1-7-39(3,4)32-24-25-37(36(29-32)40(5,6)8-2)44-27-16-15-26-42(38(43)41-33-19-11-9-12-20-33)30-31-18-17-23-35(28-31)45-34-21-13-10-14-22-34/h9-14,17-25,28-29H,7-8,15-16,26-27,30H2,1-6H3,(H,41,43). The molecule has 238 valence electrons. The number of urea groups is 1. The maximum Gasteiger partial charge on any atom is 0.322 e. The molecule has 4 rings (SSSR count). The van der Waals surface area contributed by atoms with E-state index in [-0.39, 0.29) is 16.9 Å². The molecule has 0 aliphatic rings. The molecule has 5 heteroatoms. The van der Waals surface area contributed by atoms with Gasteiger partial charge < -0.3 is 19.7 Å². The van der Waals surface area contributed by atoms with Gasteiger partial charge in [0.15, 0.2) is 0 Å². The Bertz CT molecular complexity index is 1500. The highest BCUT2D eigenvalue weighted by atomic mass is 16.5. The molecule has 4 aromatic rings. The van der Waals surface area contributed by atoms with Crippen LogP contribution in [0.1, 0.15) is 83.9 Å². The highest BCUT2D eigenvalue weighted by Crippen LogP contribution is 2.38. The van der Waals surface area contributed by atoms with Crippen molar-refractivity contribution in [2.45, 2.75) is 84.6 Å². The Kier molecular flexibility index (Phi) is 11.7. The number of carbonyl (C=O) groups excluding carboxylic acids is 1. The van der Waals surface area contributed by atoms with Crippen LogP contribution in [0, 0.1) is 0 Å². The first kappa shape index (κ1) is 33.6. The minimum absolute atomic E-state index is 0.0141. The average molecular weight is 607 g/mol. The third-order valence-electron chi connectivity index (χ3n) is 8.90. The molecule has 0 saturated carbocycles. The molecule has 0 bridgehead atoms. The lowest BCUT2D eigenvalue weighted by Crippen LogP contribution is -2.35. The monoisotopic (exact) mass is 606 g/mol. The first-order valence-electron chi connectivity index (χ1n) is 16.3. The summed E-state index contributed by atoms with van der Waals surface area (Å²) >= 11 is 0. The van der Waals surface area contributed by atoms with E-state index in [2.05, 4.69) is 65.1 Å². The summed E-state index contributed by atoms with van der Waals surface area (Å²) in [5, 5.41) is 3.06. The van der Waals surface area contributed by atoms with Crippen molar-refractivity contribution in [1.29, 1.82) is 0 Å². The fourth-order valence-corrected chi connectivity index (χ4v) is 5.12. The van der Waals surface area contributed by atoms with E-state index in [9.17, 15) is 4.79 Å². The lowest BCUT2D eigenvalue weighted by atomic mass is 9.76. The first-order valence-corrected chi connectivity index (χ1v) is 16.3. The summed E-state index contributed by atoms with van der Waals surface area (Å²) in [6, 6.07) is 33.9. The summed E-state index contributed by atoms with van der Waals surface area (Å²) in [6.07, 6.45) is 3.76. The molecule has 0 aromatic heterocycles. The Morgan fingerprint density at radius 3 is 2.09 bits per heavy atom. The molecule has 2 amide bonds. The molecule has 0 spiro atoms. The Morgan fingerprint density at radius 1 is 0.733 bits per heavy atom. The number of benzene rings is 4. The van der Waals surface area contributed by atoms with Gasteiger partial charge in [0.2, 0.25) is 0 Å². The van der Waals surface area contributed by atoms with Crippen molar-refractivity contribution in [2.24, 2.45) is 0 Å². The molecule has 0 heterocycles. The van der Waals surface area contributed by atoms with Crippen LogP contribution in [0.4, 0.5) is 10.5 Å². The lowest BCUT2D eigenvalue weighted by Gasteiger charge is -2.30. The number of para-hydroxylation sites is 2. The van der Waals surface area contributed by atoms with Gasteiger partial charge in [0.05, 0.1) is 6.61 Å². The quantitative estimate of drug-likeness (QED) is 0.137. The van der Waals surface area contributed by atoms with Crippen molar-refractivity contribution >= 4 is 11.7 Å². The van der Waals surface area contributed by atoms with Gasteiger partial charge in [-0.1, -0.05) is 102 Å². The van der Waals surface area contributed by atoms with Gasteiger partial charge in [-0.05, 0) is 90.1 Å². The van der Waals surface area contributed by atoms with Gasteiger partial charge in [0.1, 0.15) is 17.2 Å². The van der Waals surface area contributed by atoms with Gasteiger partial charge in [0, 0.05) is 24.3 Å². The number of amides is 2. The van der Waals surface area contributed by atoms with Crippen LogP contribution in [0.5, 0.6) is 17.2 Å². The van der Waals surface area contributed by atoms with E-state index in [1.165, 1.54) is 11.1 Å². The molecular formula is C40H50N2O3. The third-order valence-corrected chi connectivity index (χ3v) is 8.90. The van der Waals surface area contributed by atoms with Gasteiger partial charge in [-0.2, -0.15) is 0 Å². The fraction of sp³-hybridized carbons (Fsp3) is 0.375. The van der Waals surface area contributed by atoms with Crippen LogP contribution in [0.15, 0.2) is 103 Å². The van der Waals surface area contributed by atoms with Crippen molar-refractivity contribution in [3.63, 3.8) is 0 Å². The van der Waals surface area contributed by atoms with Crippen LogP contribution in [-0.4, -0.2) is 24.1 Å². The molecule has 4 aromatic carbocycles. The molecule has 0 atom stereocenters. The van der Waals surface area contributed by atoms with Crippen LogP contribution in [0.25, 0.3) is 0 Å². The second-order valence-electron chi connectivity index (χ2n) is 13.0. The topological polar surface area (TPSA) is 50.8 Å². The first-order chi connectivity index (χ1) is 21.6. The number of anilines is 1. The molecule has 0 aliphatic carbocycles. The highest BCUT2D eigenvalue weighted by Gasteiger charge is 2.26. The van der Waals surface area contributed by atoms with Crippen molar-refractivity contribution in [3.8, 4) is 17.2 Å². The van der Waals surface area contributed by atoms with Crippen molar-refractivity contribution in [1.82, 2.24) is 4.90 Å². The zero-order chi connectivity index (χ0) is 32.3. The molecule has 0 aliphatic heterocycles. The minimum Gasteiger partial charge on any atom is -0.493 e. The van der Waals surface area contributed by atoms with Gasteiger partial charge in [-0.15, -0.1) is 0 Å². The second-order valence-corrected chi connectivity index (χ2v) is 13.0. The highest BCUT2D eigenvalue weighted by molar-refractivity contribution is 5.89. The van der Waals surface area contributed by atoms with Crippen LogP contribution in [0.2, 0.25) is 0 Å². The smallest absolute Gasteiger partial charge is 0.322 e. The van der Waals surface area contributed by atoms with Gasteiger partial charge in [-0.25, -0.2) is 4.79 Å². The number of nitrogens with one attached hydrogen (secondary N) is 1. The molecule has 0 unspecified atom stereocenters. The Labute approximate surface area is 270 Å². The van der Waals surface area contributed by atoms with E-state index in [1.807, 2.05) is 89.8 Å². The molecule has 5 nitrogen and oxygen atoms in total. The van der Waals surface area contributed by atoms with Crippen LogP contribution >= 0.6 is 0 Å². The van der Waals surface area contributed by atoms with E-state index < -0.39 is 0 Å². The van der Waals surface area contributed by atoms with E-state index in [4.69, 9.17) is 9.47 Å². The van der Waals surface area contributed by atoms with Crippen LogP contribution in [-0.2, 0) is 17.4 Å². The second kappa shape index (κ2) is 15.7. The lowest BCUT2D eigenvalue weighted by molar-refractivity contribution is 0.205. The van der Waals surface area contributed by atoms with E-state index in [0.29, 0.717) is 19.7 Å². The summed E-state index contributed by atoms with van der Waals surface area (Å²) in [5.41, 5.74) is 4.54. The minimum atomic E-state index is -0.127. The molecule has 0 radical (unpaired) electrons. The van der Waals surface area contributed by atoms with Crippen LogP contribution in [0.3, 0.4) is 0 Å². The summed E-state index contributed by atoms with van der Waals surface area (Å²) in [7, 11) is 0. The fourth-order valence-electron chi connectivity index (χ4n) is 5.12. The van der Waals surface area contributed by atoms with E-state index in [0.717, 1.165) is 54.2 Å². The number of carbonyl (C=O) groups is 1. The number of nitrogens with zero attached hydrogens (tertiary/aromatic N) is 1. The van der Waals surface area contributed by atoms with Crippen molar-refractivity contribution in [2.75, 3.05) is 18.5 Å². The van der Waals surface area contributed by atoms with Gasteiger partial charge >= 0.3 is 6.03 Å². The van der Waals surface area contributed by atoms with Crippen molar-refractivity contribution < 1.29 is 14.3 Å². The Balaban J connectivity index is 1.42. The summed E-state index contributed by atoms with van der Waals surface area (Å²) in [6.45, 7) is 15.3. The number of ether oxygens (including phenoxy) is 2. The number of rotatable bonds is 15. The molecular weight excluding hydrogens is 556 g/mol. The molecule has 0 saturated heterocycles. The van der Waals surface area contributed by atoms with E-state index in [1.54, 1.807) is 0 Å². The average Bonchev–Trinajstić information content (AvgIpc) is 3.05. The molecule has 1 N–H and O–H groups in total. The SMILES string of the molecule is CCC(C)(C)c1ccc(OCCCCN(Cc2cccc(Oc3ccccc3)c2)C(=O)Nc2ccccc2)c(C(C)(C)CC)c1. The summed E-state index contributed by atoms with van der Waals surface area (Å²) in [4.78, 5) is 15.3. The summed E-state index contributed by atoms with van der Waals surface area (Å²) in [5.74, 6) is 2.49. The number of hydrogen-bond acceptors (Lipinski definition) is 3. The zero-order valence-electron chi connectivity index (χ0n) is 27.9.